The number of aromatic nitrogens is 2. The van der Waals surface area contributed by atoms with Crippen LogP contribution in [0.5, 0.6) is 0 Å². The summed E-state index contributed by atoms with van der Waals surface area (Å²) in [5, 5.41) is 7.71. The average molecular weight is 232 g/mol. The van der Waals surface area contributed by atoms with E-state index in [2.05, 4.69) is 35.0 Å². The number of nitrogens with zero attached hydrogens (tertiary/aromatic N) is 2. The molecule has 0 amide bonds. The molecule has 0 unspecified atom stereocenters. The lowest BCUT2D eigenvalue weighted by atomic mass is 10.3. The van der Waals surface area contributed by atoms with Crippen LogP contribution in [0.2, 0.25) is 0 Å². The minimum absolute atomic E-state index is 0. The molecule has 0 atom stereocenters. The van der Waals surface area contributed by atoms with Gasteiger partial charge in [0.15, 0.2) is 0 Å². The maximum absolute atomic E-state index is 4.28. The highest BCUT2D eigenvalue weighted by Gasteiger charge is 1.99. The molecule has 88 valence electrons. The number of unbranched alkanes of at least 4 members (excludes halogenated alkanes) is 1. The normalized spacial score (nSPS) is 10.0. The molecule has 1 aromatic heterocycles. The Labute approximate surface area is 98.7 Å². The molecular formula is C11H22ClN3. The summed E-state index contributed by atoms with van der Waals surface area (Å²) in [5.41, 5.74) is 1.29. The van der Waals surface area contributed by atoms with Gasteiger partial charge in [-0.05, 0) is 25.5 Å². The van der Waals surface area contributed by atoms with Crippen LogP contribution in [0.4, 0.5) is 0 Å². The number of hydrogen-bond acceptors (Lipinski definition) is 2. The Bertz CT molecular complexity index is 248. The first-order valence-corrected chi connectivity index (χ1v) is 5.59. The van der Waals surface area contributed by atoms with Crippen molar-refractivity contribution in [1.82, 2.24) is 15.1 Å². The monoisotopic (exact) mass is 231 g/mol. The predicted octanol–water partition coefficient (Wildman–Crippen LogP) is 2.60. The summed E-state index contributed by atoms with van der Waals surface area (Å²) in [6.45, 7) is 7.46. The molecule has 1 aromatic rings. The summed E-state index contributed by atoms with van der Waals surface area (Å²) in [6, 6.07) is 2.09. The molecule has 0 spiro atoms. The SMILES string of the molecule is CCCCNCc1ccnn1CCC.Cl. The highest BCUT2D eigenvalue weighted by molar-refractivity contribution is 5.85. The van der Waals surface area contributed by atoms with Crippen molar-refractivity contribution in [2.45, 2.75) is 46.2 Å². The standard InChI is InChI=1S/C11H21N3.ClH/c1-3-5-7-12-10-11-6-8-13-14(11)9-4-2;/h6,8,12H,3-5,7,9-10H2,1-2H3;1H. The van der Waals surface area contributed by atoms with Gasteiger partial charge in [-0.1, -0.05) is 20.3 Å². The number of aryl methyl sites for hydroxylation is 1. The zero-order valence-electron chi connectivity index (χ0n) is 9.70. The van der Waals surface area contributed by atoms with E-state index in [1.165, 1.54) is 18.5 Å². The summed E-state index contributed by atoms with van der Waals surface area (Å²) in [5.74, 6) is 0. The second kappa shape index (κ2) is 8.74. The lowest BCUT2D eigenvalue weighted by Gasteiger charge is -2.06. The van der Waals surface area contributed by atoms with Crippen molar-refractivity contribution in [3.63, 3.8) is 0 Å². The molecule has 1 rings (SSSR count). The Morgan fingerprint density at radius 1 is 1.33 bits per heavy atom. The molecule has 1 N–H and O–H groups in total. The van der Waals surface area contributed by atoms with Gasteiger partial charge in [0.05, 0.1) is 5.69 Å². The molecule has 0 saturated heterocycles. The first kappa shape index (κ1) is 14.5. The fraction of sp³-hybridized carbons (Fsp3) is 0.727. The van der Waals surface area contributed by atoms with E-state index in [4.69, 9.17) is 0 Å². The second-order valence-corrected chi connectivity index (χ2v) is 3.58. The zero-order chi connectivity index (χ0) is 10.2. The minimum Gasteiger partial charge on any atom is -0.311 e. The Morgan fingerprint density at radius 3 is 2.80 bits per heavy atom. The van der Waals surface area contributed by atoms with E-state index in [-0.39, 0.29) is 12.4 Å². The fourth-order valence-electron chi connectivity index (χ4n) is 1.44. The van der Waals surface area contributed by atoms with Crippen molar-refractivity contribution in [2.24, 2.45) is 0 Å². The zero-order valence-corrected chi connectivity index (χ0v) is 10.5. The van der Waals surface area contributed by atoms with Crippen molar-refractivity contribution >= 4 is 12.4 Å². The van der Waals surface area contributed by atoms with Gasteiger partial charge in [0.1, 0.15) is 0 Å². The van der Waals surface area contributed by atoms with E-state index < -0.39 is 0 Å². The van der Waals surface area contributed by atoms with Gasteiger partial charge in [0, 0.05) is 19.3 Å². The first-order chi connectivity index (χ1) is 6.88. The van der Waals surface area contributed by atoms with E-state index in [1.807, 2.05) is 6.20 Å². The van der Waals surface area contributed by atoms with Crippen LogP contribution in [-0.2, 0) is 13.1 Å². The van der Waals surface area contributed by atoms with Crippen LogP contribution < -0.4 is 5.32 Å². The number of nitrogens with one attached hydrogen (secondary N) is 1. The molecule has 3 nitrogen and oxygen atoms in total. The predicted molar refractivity (Wildman–Crippen MR) is 66.4 cm³/mol. The maximum Gasteiger partial charge on any atom is 0.0522 e. The summed E-state index contributed by atoms with van der Waals surface area (Å²) in [7, 11) is 0. The molecule has 0 aliphatic carbocycles. The van der Waals surface area contributed by atoms with Gasteiger partial charge in [-0.15, -0.1) is 12.4 Å². The largest absolute Gasteiger partial charge is 0.311 e. The maximum atomic E-state index is 4.28. The van der Waals surface area contributed by atoms with E-state index in [9.17, 15) is 0 Å². The van der Waals surface area contributed by atoms with Gasteiger partial charge in [0.25, 0.3) is 0 Å². The number of halogens is 1. The third-order valence-corrected chi connectivity index (χ3v) is 2.25. The molecule has 0 radical (unpaired) electrons. The third kappa shape index (κ3) is 5.19. The van der Waals surface area contributed by atoms with Gasteiger partial charge < -0.3 is 5.32 Å². The molecule has 0 fully saturated rings. The van der Waals surface area contributed by atoms with Crippen LogP contribution in [0.15, 0.2) is 12.3 Å². The highest BCUT2D eigenvalue weighted by Crippen LogP contribution is 1.99. The van der Waals surface area contributed by atoms with Crippen LogP contribution in [0.1, 0.15) is 38.8 Å². The quantitative estimate of drug-likeness (QED) is 0.732. The molecular weight excluding hydrogens is 210 g/mol. The summed E-state index contributed by atoms with van der Waals surface area (Å²) in [6.07, 6.45) is 5.53. The van der Waals surface area contributed by atoms with E-state index >= 15 is 0 Å². The summed E-state index contributed by atoms with van der Waals surface area (Å²) >= 11 is 0. The van der Waals surface area contributed by atoms with Gasteiger partial charge in [0.2, 0.25) is 0 Å². The molecule has 15 heavy (non-hydrogen) atoms. The lowest BCUT2D eigenvalue weighted by Crippen LogP contribution is -2.17. The molecule has 0 aliphatic heterocycles. The Morgan fingerprint density at radius 2 is 2.13 bits per heavy atom. The topological polar surface area (TPSA) is 29.9 Å². The van der Waals surface area contributed by atoms with Crippen molar-refractivity contribution in [3.8, 4) is 0 Å². The number of hydrogen-bond donors (Lipinski definition) is 1. The van der Waals surface area contributed by atoms with Crippen molar-refractivity contribution in [2.75, 3.05) is 6.54 Å². The highest BCUT2D eigenvalue weighted by atomic mass is 35.5. The Balaban J connectivity index is 0.00000196. The third-order valence-electron chi connectivity index (χ3n) is 2.25. The van der Waals surface area contributed by atoms with Crippen molar-refractivity contribution in [3.05, 3.63) is 18.0 Å². The summed E-state index contributed by atoms with van der Waals surface area (Å²) < 4.78 is 2.08. The first-order valence-electron chi connectivity index (χ1n) is 5.59. The molecule has 0 bridgehead atoms. The fourth-order valence-corrected chi connectivity index (χ4v) is 1.44. The van der Waals surface area contributed by atoms with Crippen molar-refractivity contribution < 1.29 is 0 Å². The average Bonchev–Trinajstić information content (AvgIpc) is 2.61. The van der Waals surface area contributed by atoms with E-state index in [1.54, 1.807) is 0 Å². The lowest BCUT2D eigenvalue weighted by molar-refractivity contribution is 0.544. The molecule has 0 aliphatic rings. The van der Waals surface area contributed by atoms with Crippen LogP contribution in [0.25, 0.3) is 0 Å². The van der Waals surface area contributed by atoms with E-state index in [0.717, 1.165) is 26.1 Å². The Kier molecular flexibility index (Phi) is 8.43. The second-order valence-electron chi connectivity index (χ2n) is 3.58. The van der Waals surface area contributed by atoms with E-state index in [0.29, 0.717) is 0 Å². The smallest absolute Gasteiger partial charge is 0.0522 e. The van der Waals surface area contributed by atoms with Gasteiger partial charge in [-0.2, -0.15) is 5.10 Å². The van der Waals surface area contributed by atoms with Gasteiger partial charge in [-0.25, -0.2) is 0 Å². The molecule has 4 heteroatoms. The van der Waals surface area contributed by atoms with Gasteiger partial charge in [-0.3, -0.25) is 4.68 Å². The Hall–Kier alpha value is -0.540. The van der Waals surface area contributed by atoms with Crippen molar-refractivity contribution in [1.29, 1.82) is 0 Å². The van der Waals surface area contributed by atoms with Crippen LogP contribution in [0.3, 0.4) is 0 Å². The van der Waals surface area contributed by atoms with Gasteiger partial charge >= 0.3 is 0 Å². The molecule has 0 aromatic carbocycles. The number of rotatable bonds is 7. The van der Waals surface area contributed by atoms with Crippen LogP contribution in [0, 0.1) is 0 Å². The van der Waals surface area contributed by atoms with Crippen LogP contribution in [-0.4, -0.2) is 16.3 Å². The molecule has 1 heterocycles. The summed E-state index contributed by atoms with van der Waals surface area (Å²) in [4.78, 5) is 0. The minimum atomic E-state index is 0. The molecule has 0 saturated carbocycles. The van der Waals surface area contributed by atoms with Crippen LogP contribution >= 0.6 is 12.4 Å².